The van der Waals surface area contributed by atoms with E-state index in [0.717, 1.165) is 47.2 Å². The molecule has 0 aromatic heterocycles. The molecule has 0 atom stereocenters. The Morgan fingerprint density at radius 1 is 0.542 bits per heavy atom. The van der Waals surface area contributed by atoms with Crippen molar-refractivity contribution >= 4 is 11.9 Å². The second kappa shape index (κ2) is 18.9. The standard InChI is InChI=1S/C19H19F3O2.C19H15F3O2/c2*1-24-19(23)10-14-8-6-13(7-9-14)4-2-3-5-15-11-17(21)18(22)12-16(15)20/h6-9,11-12H,2-5,10H2,1H3;6-9,11-12H,2,4,10H2,1H3. The molecule has 0 saturated carbocycles. The Balaban J connectivity index is 0.000000260. The molecule has 0 saturated heterocycles. The van der Waals surface area contributed by atoms with Gasteiger partial charge in [0.2, 0.25) is 0 Å². The molecule has 0 heterocycles. The number of carbonyl (C=O) groups is 2. The Morgan fingerprint density at radius 3 is 1.52 bits per heavy atom. The van der Waals surface area contributed by atoms with Crippen LogP contribution >= 0.6 is 0 Å². The van der Waals surface area contributed by atoms with Crippen LogP contribution in [0.2, 0.25) is 0 Å². The minimum atomic E-state index is -1.23. The van der Waals surface area contributed by atoms with Crippen molar-refractivity contribution in [1.29, 1.82) is 0 Å². The van der Waals surface area contributed by atoms with Crippen LogP contribution in [0.1, 0.15) is 52.6 Å². The van der Waals surface area contributed by atoms with Crippen molar-refractivity contribution in [2.24, 2.45) is 0 Å². The van der Waals surface area contributed by atoms with Gasteiger partial charge < -0.3 is 9.47 Å². The third-order valence-electron chi connectivity index (χ3n) is 7.22. The van der Waals surface area contributed by atoms with Crippen molar-refractivity contribution in [3.63, 3.8) is 0 Å². The molecule has 0 aliphatic rings. The molecule has 4 rings (SSSR count). The molecule has 0 unspecified atom stereocenters. The van der Waals surface area contributed by atoms with Gasteiger partial charge in [-0.3, -0.25) is 9.59 Å². The maximum absolute atomic E-state index is 13.5. The first-order chi connectivity index (χ1) is 23.0. The van der Waals surface area contributed by atoms with Gasteiger partial charge in [0.05, 0.1) is 32.6 Å². The molecule has 252 valence electrons. The van der Waals surface area contributed by atoms with Crippen LogP contribution in [-0.2, 0) is 51.2 Å². The van der Waals surface area contributed by atoms with Gasteiger partial charge in [0.1, 0.15) is 11.6 Å². The van der Waals surface area contributed by atoms with Gasteiger partial charge in [-0.1, -0.05) is 60.4 Å². The van der Waals surface area contributed by atoms with Crippen LogP contribution in [0.15, 0.2) is 72.8 Å². The van der Waals surface area contributed by atoms with Crippen LogP contribution in [0.25, 0.3) is 0 Å². The van der Waals surface area contributed by atoms with Crippen molar-refractivity contribution in [1.82, 2.24) is 0 Å². The lowest BCUT2D eigenvalue weighted by Crippen LogP contribution is -2.04. The van der Waals surface area contributed by atoms with E-state index in [1.165, 1.54) is 14.2 Å². The lowest BCUT2D eigenvalue weighted by atomic mass is 10.0. The highest BCUT2D eigenvalue weighted by Crippen LogP contribution is 2.17. The Kier molecular flexibility index (Phi) is 14.8. The number of aryl methyl sites for hydroxylation is 3. The topological polar surface area (TPSA) is 52.6 Å². The summed E-state index contributed by atoms with van der Waals surface area (Å²) in [5.74, 6) is -1.47. The third-order valence-corrected chi connectivity index (χ3v) is 7.22. The van der Waals surface area contributed by atoms with Crippen LogP contribution in [0.4, 0.5) is 26.3 Å². The number of methoxy groups -OCH3 is 2. The molecular weight excluding hydrogens is 634 g/mol. The van der Waals surface area contributed by atoms with Gasteiger partial charge in [0, 0.05) is 18.6 Å². The first-order valence-corrected chi connectivity index (χ1v) is 15.0. The molecule has 0 bridgehead atoms. The molecule has 0 aliphatic heterocycles. The fourth-order valence-corrected chi connectivity index (χ4v) is 4.51. The van der Waals surface area contributed by atoms with Crippen molar-refractivity contribution in [3.05, 3.63) is 141 Å². The minimum absolute atomic E-state index is 0.165. The third kappa shape index (κ3) is 12.3. The van der Waals surface area contributed by atoms with E-state index in [1.807, 2.05) is 48.5 Å². The summed E-state index contributed by atoms with van der Waals surface area (Å²) in [6.07, 6.45) is 4.15. The van der Waals surface area contributed by atoms with Crippen molar-refractivity contribution in [2.45, 2.75) is 51.4 Å². The van der Waals surface area contributed by atoms with E-state index < -0.39 is 34.9 Å². The van der Waals surface area contributed by atoms with Crippen LogP contribution in [0.5, 0.6) is 0 Å². The molecule has 4 aromatic rings. The van der Waals surface area contributed by atoms with Gasteiger partial charge in [0.15, 0.2) is 23.3 Å². The van der Waals surface area contributed by atoms with E-state index in [4.69, 9.17) is 0 Å². The maximum atomic E-state index is 13.5. The van der Waals surface area contributed by atoms with Crippen LogP contribution in [0, 0.1) is 46.7 Å². The molecule has 0 fully saturated rings. The number of ether oxygens (including phenoxy) is 2. The van der Waals surface area contributed by atoms with Gasteiger partial charge in [0.25, 0.3) is 0 Å². The predicted molar refractivity (Wildman–Crippen MR) is 169 cm³/mol. The van der Waals surface area contributed by atoms with Crippen LogP contribution < -0.4 is 0 Å². The Morgan fingerprint density at radius 2 is 0.979 bits per heavy atom. The van der Waals surface area contributed by atoms with E-state index in [2.05, 4.69) is 21.3 Å². The summed E-state index contributed by atoms with van der Waals surface area (Å²) < 4.78 is 88.0. The maximum Gasteiger partial charge on any atom is 0.309 e. The first-order valence-electron chi connectivity index (χ1n) is 15.0. The van der Waals surface area contributed by atoms with E-state index in [1.54, 1.807) is 0 Å². The average molecular weight is 669 g/mol. The molecule has 0 spiro atoms. The first kappa shape index (κ1) is 37.4. The van der Waals surface area contributed by atoms with Gasteiger partial charge in [-0.25, -0.2) is 26.3 Å². The highest BCUT2D eigenvalue weighted by atomic mass is 19.2. The zero-order chi connectivity index (χ0) is 35.1. The Bertz CT molecular complexity index is 1730. The quantitative estimate of drug-likeness (QED) is 0.0532. The second-order valence-corrected chi connectivity index (χ2v) is 10.8. The number of carbonyl (C=O) groups excluding carboxylic acids is 2. The van der Waals surface area contributed by atoms with E-state index in [9.17, 15) is 35.9 Å². The largest absolute Gasteiger partial charge is 0.469 e. The number of benzene rings is 4. The number of esters is 2. The molecule has 48 heavy (non-hydrogen) atoms. The van der Waals surface area contributed by atoms with Crippen molar-refractivity contribution in [3.8, 4) is 11.8 Å². The molecule has 4 nitrogen and oxygen atoms in total. The molecule has 0 radical (unpaired) electrons. The smallest absolute Gasteiger partial charge is 0.309 e. The molecular formula is C38H34F6O4. The highest BCUT2D eigenvalue weighted by molar-refractivity contribution is 5.72. The highest BCUT2D eigenvalue weighted by Gasteiger charge is 2.10. The van der Waals surface area contributed by atoms with Gasteiger partial charge in [-0.15, -0.1) is 0 Å². The summed E-state index contributed by atoms with van der Waals surface area (Å²) in [5.41, 5.74) is 3.87. The number of hydrogen-bond donors (Lipinski definition) is 0. The van der Waals surface area contributed by atoms with Crippen LogP contribution in [-0.4, -0.2) is 26.2 Å². The Hall–Kier alpha value is -5.04. The summed E-state index contributed by atoms with van der Waals surface area (Å²) in [7, 11) is 2.69. The van der Waals surface area contributed by atoms with E-state index >= 15 is 0 Å². The monoisotopic (exact) mass is 668 g/mol. The summed E-state index contributed by atoms with van der Waals surface area (Å²) >= 11 is 0. The number of rotatable bonds is 11. The zero-order valence-electron chi connectivity index (χ0n) is 26.5. The van der Waals surface area contributed by atoms with Crippen molar-refractivity contribution in [2.75, 3.05) is 14.2 Å². The fourth-order valence-electron chi connectivity index (χ4n) is 4.51. The summed E-state index contributed by atoms with van der Waals surface area (Å²) in [6, 6.07) is 17.8. The number of halogens is 6. The molecule has 10 heteroatoms. The van der Waals surface area contributed by atoms with E-state index in [0.29, 0.717) is 37.8 Å². The average Bonchev–Trinajstić information content (AvgIpc) is 3.07. The van der Waals surface area contributed by atoms with Gasteiger partial charge in [-0.2, -0.15) is 0 Å². The lowest BCUT2D eigenvalue weighted by Gasteiger charge is -2.06. The fraction of sp³-hybridized carbons (Fsp3) is 0.263. The molecule has 4 aromatic carbocycles. The van der Waals surface area contributed by atoms with E-state index in [-0.39, 0.29) is 35.9 Å². The number of unbranched alkanes of at least 4 members (excludes halogenated alkanes) is 1. The molecule has 0 aliphatic carbocycles. The van der Waals surface area contributed by atoms with Crippen molar-refractivity contribution < 1.29 is 45.4 Å². The normalized spacial score (nSPS) is 10.3. The molecule has 0 amide bonds. The summed E-state index contributed by atoms with van der Waals surface area (Å²) in [4.78, 5) is 22.3. The summed E-state index contributed by atoms with van der Waals surface area (Å²) in [5, 5.41) is 0. The lowest BCUT2D eigenvalue weighted by molar-refractivity contribution is -0.140. The van der Waals surface area contributed by atoms with Gasteiger partial charge >= 0.3 is 11.9 Å². The van der Waals surface area contributed by atoms with Gasteiger partial charge in [-0.05, 0) is 72.1 Å². The van der Waals surface area contributed by atoms with Crippen LogP contribution in [0.3, 0.4) is 0 Å². The Labute approximate surface area is 275 Å². The zero-order valence-corrected chi connectivity index (χ0v) is 26.5. The SMILES string of the molecule is COC(=O)Cc1ccc(CCC#Cc2cc(F)c(F)cc2F)cc1.COC(=O)Cc1ccc(CCCCc2cc(F)c(F)cc2F)cc1. The minimum Gasteiger partial charge on any atom is -0.469 e. The summed E-state index contributed by atoms with van der Waals surface area (Å²) in [6.45, 7) is 0. The number of hydrogen-bond acceptors (Lipinski definition) is 4. The predicted octanol–water partition coefficient (Wildman–Crippen LogP) is 8.19. The second-order valence-electron chi connectivity index (χ2n) is 10.8. The molecule has 0 N–H and O–H groups in total.